The predicted molar refractivity (Wildman–Crippen MR) is 211 cm³/mol. The molecule has 0 aliphatic carbocycles. The van der Waals surface area contributed by atoms with Gasteiger partial charge in [0.1, 0.15) is 34.8 Å². The average Bonchev–Trinajstić information content (AvgIpc) is 3.83. The highest BCUT2D eigenvalue weighted by atomic mass is 19.1. The summed E-state index contributed by atoms with van der Waals surface area (Å²) in [5.74, 6) is -1.28. The average molecular weight is 811 g/mol. The number of nitrogens with one attached hydrogen (secondary N) is 1. The Morgan fingerprint density at radius 1 is 0.695 bits per heavy atom. The first-order chi connectivity index (χ1) is 28.4. The van der Waals surface area contributed by atoms with Gasteiger partial charge < -0.3 is 41.4 Å². The van der Waals surface area contributed by atoms with Crippen molar-refractivity contribution in [3.8, 4) is 22.9 Å². The van der Waals surface area contributed by atoms with Gasteiger partial charge in [0, 0.05) is 31.3 Å². The number of halogens is 2. The minimum Gasteiger partial charge on any atom is -0.484 e. The van der Waals surface area contributed by atoms with Crippen LogP contribution in [0, 0.1) is 11.6 Å². The third-order valence-electron chi connectivity index (χ3n) is 8.46. The molecule has 7 N–H and O–H groups in total. The molecular weight excluding hydrogens is 770 g/mol. The number of rotatable bonds is 16. The second-order valence-corrected chi connectivity index (χ2v) is 12.6. The zero-order chi connectivity index (χ0) is 42.5. The van der Waals surface area contributed by atoms with Crippen LogP contribution in [0.25, 0.3) is 11.4 Å². The Hall–Kier alpha value is -7.44. The van der Waals surface area contributed by atoms with Gasteiger partial charge >= 0.3 is 0 Å². The lowest BCUT2D eigenvalue weighted by Crippen LogP contribution is -2.33. The largest absolute Gasteiger partial charge is 0.484 e. The van der Waals surface area contributed by atoms with Gasteiger partial charge in [-0.15, -0.1) is 0 Å². The van der Waals surface area contributed by atoms with Gasteiger partial charge in [-0.2, -0.15) is 10.2 Å². The number of aromatic nitrogens is 4. The molecule has 2 amide bonds. The van der Waals surface area contributed by atoms with Crippen molar-refractivity contribution in [1.82, 2.24) is 29.8 Å². The summed E-state index contributed by atoms with van der Waals surface area (Å²) in [4.78, 5) is 50.6. The van der Waals surface area contributed by atoms with E-state index < -0.39 is 11.6 Å². The minimum atomic E-state index is -0.391. The van der Waals surface area contributed by atoms with Gasteiger partial charge in [0.2, 0.25) is 0 Å². The highest BCUT2D eigenvalue weighted by Gasteiger charge is 2.20. The van der Waals surface area contributed by atoms with Gasteiger partial charge in [-0.05, 0) is 72.8 Å². The van der Waals surface area contributed by atoms with Gasteiger partial charge in [0.15, 0.2) is 24.8 Å². The van der Waals surface area contributed by atoms with Crippen LogP contribution in [0.1, 0.15) is 31.8 Å². The van der Waals surface area contributed by atoms with Gasteiger partial charge in [-0.1, -0.05) is 24.3 Å². The van der Waals surface area contributed by atoms with E-state index in [2.05, 4.69) is 15.5 Å². The quantitative estimate of drug-likeness (QED) is 0.0889. The summed E-state index contributed by atoms with van der Waals surface area (Å²) < 4.78 is 39.8. The van der Waals surface area contributed by atoms with Crippen LogP contribution in [0.3, 0.4) is 0 Å². The molecule has 0 unspecified atom stereocenters. The normalized spacial score (nSPS) is 10.6. The first kappa shape index (κ1) is 42.7. The van der Waals surface area contributed by atoms with Crippen molar-refractivity contribution in [3.05, 3.63) is 143 Å². The van der Waals surface area contributed by atoms with E-state index in [1.807, 2.05) is 0 Å². The fraction of sp³-hybridized carbons (Fsp3) is 0.171. The smallest absolute Gasteiger partial charge is 0.260 e. The number of carbonyl (C=O) groups excluding carboxylic acids is 4. The molecule has 0 saturated heterocycles. The third kappa shape index (κ3) is 11.1. The fourth-order valence-corrected chi connectivity index (χ4v) is 5.33. The van der Waals surface area contributed by atoms with E-state index >= 15 is 0 Å². The second-order valence-electron chi connectivity index (χ2n) is 12.6. The molecule has 0 fully saturated rings. The number of aliphatic hydroxyl groups excluding tert-OH is 2. The van der Waals surface area contributed by atoms with E-state index in [0.29, 0.717) is 34.0 Å². The Bertz CT molecular complexity index is 2400. The summed E-state index contributed by atoms with van der Waals surface area (Å²) in [7, 11) is 1.56. The molecule has 6 aromatic rings. The standard InChI is InChI=1S/C21H21FN4O4.C20H19FN4O4/c1-25(9-10-27)19(28)13-30-17-4-2-3-14(11-17)20(29)18-12-24-26(21(18)23)16-7-5-15(22)6-8-16;21-14-4-6-15(7-5-14)25-20(22)17(11-24-25)19(28)13-2-1-3-16(10-13)29-12-18(27)23-8-9-26/h2-8,11-12,27H,9-10,13,23H2,1H3;1-7,10-11,26H,8-9,12,22H2,(H,23,27). The topological polar surface area (TPSA) is 230 Å². The summed E-state index contributed by atoms with van der Waals surface area (Å²) >= 11 is 0. The van der Waals surface area contributed by atoms with Crippen molar-refractivity contribution in [2.75, 3.05) is 58.0 Å². The molecule has 0 atom stereocenters. The molecule has 6 rings (SSSR count). The number of nitrogens with zero attached hydrogens (tertiary/aromatic N) is 5. The molecule has 0 saturated carbocycles. The molecule has 59 heavy (non-hydrogen) atoms. The van der Waals surface area contributed by atoms with Crippen molar-refractivity contribution in [1.29, 1.82) is 0 Å². The Labute approximate surface area is 336 Å². The molecule has 0 aliphatic heterocycles. The van der Waals surface area contributed by atoms with E-state index in [9.17, 15) is 28.0 Å². The Morgan fingerprint density at radius 2 is 1.15 bits per heavy atom. The Balaban J connectivity index is 0.000000224. The molecule has 16 nitrogen and oxygen atoms in total. The number of benzene rings is 4. The number of carbonyl (C=O) groups is 4. The zero-order valence-corrected chi connectivity index (χ0v) is 31.6. The van der Waals surface area contributed by atoms with Gasteiger partial charge in [-0.25, -0.2) is 18.1 Å². The van der Waals surface area contributed by atoms with Crippen LogP contribution >= 0.6 is 0 Å². The monoisotopic (exact) mass is 810 g/mol. The Morgan fingerprint density at radius 3 is 1.59 bits per heavy atom. The first-order valence-corrected chi connectivity index (χ1v) is 17.9. The number of ketones is 2. The van der Waals surface area contributed by atoms with Gasteiger partial charge in [0.25, 0.3) is 11.8 Å². The molecule has 0 aliphatic rings. The van der Waals surface area contributed by atoms with Crippen molar-refractivity contribution in [2.24, 2.45) is 0 Å². The number of aliphatic hydroxyl groups is 2. The summed E-state index contributed by atoms with van der Waals surface area (Å²) in [6.07, 6.45) is 2.69. The molecule has 18 heteroatoms. The zero-order valence-electron chi connectivity index (χ0n) is 31.6. The first-order valence-electron chi connectivity index (χ1n) is 17.9. The van der Waals surface area contributed by atoms with Crippen molar-refractivity contribution in [2.45, 2.75) is 0 Å². The number of ether oxygens (including phenoxy) is 2. The number of hydrogen-bond acceptors (Lipinski definition) is 12. The van der Waals surface area contributed by atoms with E-state index in [0.717, 1.165) is 0 Å². The molecule has 0 bridgehead atoms. The van der Waals surface area contributed by atoms with E-state index in [4.69, 9.17) is 31.2 Å². The highest BCUT2D eigenvalue weighted by molar-refractivity contribution is 6.12. The third-order valence-corrected chi connectivity index (χ3v) is 8.46. The molecular formula is C41H40F2N8O8. The van der Waals surface area contributed by atoms with Crippen LogP contribution in [0.5, 0.6) is 11.5 Å². The maximum atomic E-state index is 13.1. The van der Waals surface area contributed by atoms with Crippen LogP contribution in [0.4, 0.5) is 20.4 Å². The van der Waals surface area contributed by atoms with Crippen LogP contribution in [0.15, 0.2) is 109 Å². The van der Waals surface area contributed by atoms with Crippen molar-refractivity contribution in [3.63, 3.8) is 0 Å². The molecule has 2 heterocycles. The lowest BCUT2D eigenvalue weighted by molar-refractivity contribution is -0.132. The SMILES string of the molecule is CN(CCO)C(=O)COc1cccc(C(=O)c2cnn(-c3ccc(F)cc3)c2N)c1.Nc1c(C(=O)c2cccc(OCC(=O)NCCO)c2)cnn1-c1ccc(F)cc1. The number of nitrogens with two attached hydrogens (primary N) is 2. The minimum absolute atomic E-state index is 0.122. The molecule has 0 radical (unpaired) electrons. The Kier molecular flexibility index (Phi) is 14.6. The summed E-state index contributed by atoms with van der Waals surface area (Å²) in [6, 6.07) is 23.8. The van der Waals surface area contributed by atoms with Crippen LogP contribution in [-0.2, 0) is 9.59 Å². The summed E-state index contributed by atoms with van der Waals surface area (Å²) in [6.45, 7) is -0.431. The number of amides is 2. The van der Waals surface area contributed by atoms with E-state index in [-0.39, 0.29) is 85.7 Å². The number of hydrogen-bond donors (Lipinski definition) is 5. The maximum Gasteiger partial charge on any atom is 0.260 e. The van der Waals surface area contributed by atoms with Crippen LogP contribution in [0.2, 0.25) is 0 Å². The molecule has 4 aromatic carbocycles. The summed E-state index contributed by atoms with van der Waals surface area (Å²) in [5, 5.41) is 28.3. The van der Waals surface area contributed by atoms with E-state index in [1.54, 1.807) is 43.4 Å². The number of nitrogen functional groups attached to an aromatic ring is 2. The fourth-order valence-electron chi connectivity index (χ4n) is 5.33. The molecule has 306 valence electrons. The van der Waals surface area contributed by atoms with Crippen molar-refractivity contribution >= 4 is 35.0 Å². The second kappa shape index (κ2) is 20.1. The predicted octanol–water partition coefficient (Wildman–Crippen LogP) is 2.97. The van der Waals surface area contributed by atoms with Crippen molar-refractivity contribution < 1.29 is 47.6 Å². The van der Waals surface area contributed by atoms with Crippen LogP contribution in [-0.4, -0.2) is 105 Å². The number of anilines is 2. The highest BCUT2D eigenvalue weighted by Crippen LogP contribution is 2.24. The van der Waals surface area contributed by atoms with Gasteiger partial charge in [0.05, 0.1) is 48.1 Å². The molecule has 0 spiro atoms. The maximum absolute atomic E-state index is 13.1. The van der Waals surface area contributed by atoms with Gasteiger partial charge in [-0.3, -0.25) is 19.2 Å². The molecule has 2 aromatic heterocycles. The summed E-state index contributed by atoms with van der Waals surface area (Å²) in [5.41, 5.74) is 14.2. The number of likely N-dealkylation sites (N-methyl/N-ethyl adjacent to an activating group) is 1. The van der Waals surface area contributed by atoms with E-state index in [1.165, 1.54) is 87.3 Å². The van der Waals surface area contributed by atoms with Crippen LogP contribution < -0.4 is 26.3 Å². The lowest BCUT2D eigenvalue weighted by Gasteiger charge is -2.16. The lowest BCUT2D eigenvalue weighted by atomic mass is 10.1.